The van der Waals surface area contributed by atoms with Gasteiger partial charge in [-0.15, -0.1) is 0 Å². The molecule has 0 unspecified atom stereocenters. The van der Waals surface area contributed by atoms with Crippen molar-refractivity contribution in [3.8, 4) is 0 Å². The number of Topliss-reactive ketones (excluding diaryl/α,β-unsaturated/α-hetero) is 1. The van der Waals surface area contributed by atoms with Crippen molar-refractivity contribution in [3.05, 3.63) is 71.8 Å². The van der Waals surface area contributed by atoms with E-state index < -0.39 is 18.2 Å². The fourth-order valence-electron chi connectivity index (χ4n) is 3.22. The lowest BCUT2D eigenvalue weighted by molar-refractivity contribution is -0.128. The molecule has 0 fully saturated rings. The summed E-state index contributed by atoms with van der Waals surface area (Å²) in [5, 5.41) is 5.53. The second-order valence-corrected chi connectivity index (χ2v) is 8.90. The van der Waals surface area contributed by atoms with Crippen LogP contribution in [-0.2, 0) is 27.4 Å². The van der Waals surface area contributed by atoms with Gasteiger partial charge < -0.3 is 15.4 Å². The summed E-state index contributed by atoms with van der Waals surface area (Å²) in [5.41, 5.74) is 1.82. The SMILES string of the molecule is CSCC(=O)[C@H](Cc1ccccc1)NC(=O)[C@H](CC(C)C)NC(=O)OCc1ccccc1. The van der Waals surface area contributed by atoms with Crippen molar-refractivity contribution in [1.82, 2.24) is 10.6 Å². The van der Waals surface area contributed by atoms with Gasteiger partial charge in [-0.05, 0) is 36.1 Å². The maximum absolute atomic E-state index is 13.1. The zero-order chi connectivity index (χ0) is 23.3. The van der Waals surface area contributed by atoms with Gasteiger partial charge in [-0.2, -0.15) is 11.8 Å². The molecule has 2 rings (SSSR count). The Kier molecular flexibility index (Phi) is 10.8. The van der Waals surface area contributed by atoms with Gasteiger partial charge in [0.1, 0.15) is 12.6 Å². The molecule has 0 spiro atoms. The maximum Gasteiger partial charge on any atom is 0.408 e. The van der Waals surface area contributed by atoms with E-state index in [1.165, 1.54) is 11.8 Å². The topological polar surface area (TPSA) is 84.5 Å². The number of hydrogen-bond acceptors (Lipinski definition) is 5. The third kappa shape index (κ3) is 9.14. The highest BCUT2D eigenvalue weighted by atomic mass is 32.2. The average molecular weight is 457 g/mol. The minimum absolute atomic E-state index is 0.0512. The summed E-state index contributed by atoms with van der Waals surface area (Å²) >= 11 is 1.42. The van der Waals surface area contributed by atoms with Crippen LogP contribution in [0.3, 0.4) is 0 Å². The van der Waals surface area contributed by atoms with Gasteiger partial charge in [0, 0.05) is 0 Å². The first-order valence-electron chi connectivity index (χ1n) is 10.7. The fraction of sp³-hybridized carbons (Fsp3) is 0.400. The van der Waals surface area contributed by atoms with Crippen LogP contribution in [-0.4, -0.2) is 41.9 Å². The third-order valence-electron chi connectivity index (χ3n) is 4.80. The molecule has 0 saturated heterocycles. The Morgan fingerprint density at radius 3 is 2.03 bits per heavy atom. The van der Waals surface area contributed by atoms with E-state index in [-0.39, 0.29) is 24.2 Å². The molecule has 2 amide bonds. The van der Waals surface area contributed by atoms with Crippen molar-refractivity contribution in [3.63, 3.8) is 0 Å². The van der Waals surface area contributed by atoms with Crippen molar-refractivity contribution in [2.24, 2.45) is 5.92 Å². The maximum atomic E-state index is 13.1. The van der Waals surface area contributed by atoms with Crippen LogP contribution in [0.2, 0.25) is 0 Å². The van der Waals surface area contributed by atoms with Gasteiger partial charge in [0.15, 0.2) is 5.78 Å². The van der Waals surface area contributed by atoms with E-state index in [1.54, 1.807) is 0 Å². The number of ether oxygens (including phenoxy) is 1. The lowest BCUT2D eigenvalue weighted by Gasteiger charge is -2.24. The Morgan fingerprint density at radius 1 is 0.875 bits per heavy atom. The third-order valence-corrected chi connectivity index (χ3v) is 5.38. The second-order valence-electron chi connectivity index (χ2n) is 8.04. The average Bonchev–Trinajstić information content (AvgIpc) is 2.78. The molecule has 0 aromatic heterocycles. The molecule has 2 atom stereocenters. The number of carbonyl (C=O) groups is 3. The molecular formula is C25H32N2O4S. The highest BCUT2D eigenvalue weighted by Gasteiger charge is 2.27. The summed E-state index contributed by atoms with van der Waals surface area (Å²) in [6, 6.07) is 17.4. The summed E-state index contributed by atoms with van der Waals surface area (Å²) in [5.74, 6) is 0.0316. The number of ketones is 1. The zero-order valence-electron chi connectivity index (χ0n) is 18.9. The molecule has 0 aliphatic heterocycles. The Labute approximate surface area is 194 Å². The Balaban J connectivity index is 2.03. The molecular weight excluding hydrogens is 424 g/mol. The van der Waals surface area contributed by atoms with Crippen LogP contribution in [0.1, 0.15) is 31.4 Å². The lowest BCUT2D eigenvalue weighted by atomic mass is 10.00. The molecule has 0 aliphatic carbocycles. The van der Waals surface area contributed by atoms with Crippen LogP contribution in [0.15, 0.2) is 60.7 Å². The standard InChI is InChI=1S/C25H32N2O4S/c1-18(2)14-22(27-25(30)31-16-20-12-8-5-9-13-20)24(29)26-21(23(28)17-32-3)15-19-10-6-4-7-11-19/h4-13,18,21-22H,14-17H2,1-3H3,(H,26,29)(H,27,30)/t21-,22-/m0/s1. The summed E-state index contributed by atoms with van der Waals surface area (Å²) in [6.45, 7) is 4.06. The first-order valence-corrected chi connectivity index (χ1v) is 12.1. The quantitative estimate of drug-likeness (QED) is 0.505. The molecule has 0 radical (unpaired) electrons. The van der Waals surface area contributed by atoms with Gasteiger partial charge in [0.05, 0.1) is 11.8 Å². The molecule has 172 valence electrons. The van der Waals surface area contributed by atoms with E-state index in [2.05, 4.69) is 10.6 Å². The van der Waals surface area contributed by atoms with E-state index in [4.69, 9.17) is 4.74 Å². The summed E-state index contributed by atoms with van der Waals surface area (Å²) < 4.78 is 5.28. The number of benzene rings is 2. The number of amides is 2. The van der Waals surface area contributed by atoms with Crippen LogP contribution in [0, 0.1) is 5.92 Å². The van der Waals surface area contributed by atoms with E-state index in [0.29, 0.717) is 18.6 Å². The van der Waals surface area contributed by atoms with Crippen molar-refractivity contribution in [2.75, 3.05) is 12.0 Å². The van der Waals surface area contributed by atoms with Crippen LogP contribution in [0.4, 0.5) is 4.79 Å². The second kappa shape index (κ2) is 13.6. The van der Waals surface area contributed by atoms with Crippen LogP contribution in [0.5, 0.6) is 0 Å². The monoisotopic (exact) mass is 456 g/mol. The molecule has 6 nitrogen and oxygen atoms in total. The highest BCUT2D eigenvalue weighted by molar-refractivity contribution is 7.99. The highest BCUT2D eigenvalue weighted by Crippen LogP contribution is 2.10. The van der Waals surface area contributed by atoms with Gasteiger partial charge in [0.25, 0.3) is 0 Å². The molecule has 0 aliphatic rings. The predicted octanol–water partition coefficient (Wildman–Crippen LogP) is 3.99. The summed E-state index contributed by atoms with van der Waals surface area (Å²) in [6.07, 6.45) is 2.02. The van der Waals surface area contributed by atoms with E-state index in [1.807, 2.05) is 80.8 Å². The minimum atomic E-state index is -0.793. The molecule has 0 heterocycles. The van der Waals surface area contributed by atoms with Crippen LogP contribution in [0.25, 0.3) is 0 Å². The number of thioether (sulfide) groups is 1. The van der Waals surface area contributed by atoms with Crippen molar-refractivity contribution >= 4 is 29.5 Å². The number of carbonyl (C=O) groups excluding carboxylic acids is 3. The molecule has 32 heavy (non-hydrogen) atoms. The van der Waals surface area contributed by atoms with Crippen LogP contribution < -0.4 is 10.6 Å². The number of rotatable bonds is 12. The normalized spacial score (nSPS) is 12.6. The van der Waals surface area contributed by atoms with Crippen molar-refractivity contribution < 1.29 is 19.1 Å². The summed E-state index contributed by atoms with van der Waals surface area (Å²) in [7, 11) is 0. The lowest BCUT2D eigenvalue weighted by Crippen LogP contribution is -2.53. The largest absolute Gasteiger partial charge is 0.445 e. The summed E-state index contributed by atoms with van der Waals surface area (Å²) in [4.78, 5) is 38.1. The Morgan fingerprint density at radius 2 is 1.47 bits per heavy atom. The van der Waals surface area contributed by atoms with Gasteiger partial charge in [-0.1, -0.05) is 74.5 Å². The van der Waals surface area contributed by atoms with E-state index in [9.17, 15) is 14.4 Å². The van der Waals surface area contributed by atoms with E-state index >= 15 is 0 Å². The number of alkyl carbamates (subject to hydrolysis) is 1. The van der Waals surface area contributed by atoms with Crippen molar-refractivity contribution in [2.45, 2.75) is 45.4 Å². The number of nitrogens with one attached hydrogen (secondary N) is 2. The molecule has 2 N–H and O–H groups in total. The zero-order valence-corrected chi connectivity index (χ0v) is 19.7. The first-order chi connectivity index (χ1) is 15.4. The molecule has 2 aromatic rings. The van der Waals surface area contributed by atoms with Gasteiger partial charge in [0.2, 0.25) is 5.91 Å². The molecule has 0 bridgehead atoms. The number of hydrogen-bond donors (Lipinski definition) is 2. The molecule has 0 saturated carbocycles. The minimum Gasteiger partial charge on any atom is -0.445 e. The van der Waals surface area contributed by atoms with Crippen LogP contribution >= 0.6 is 11.8 Å². The van der Waals surface area contributed by atoms with E-state index in [0.717, 1.165) is 11.1 Å². The smallest absolute Gasteiger partial charge is 0.408 e. The first kappa shape index (κ1) is 25.5. The Hall–Kier alpha value is -2.80. The molecule has 7 heteroatoms. The Bertz CT molecular complexity index is 859. The van der Waals surface area contributed by atoms with Gasteiger partial charge in [-0.25, -0.2) is 4.79 Å². The van der Waals surface area contributed by atoms with Crippen molar-refractivity contribution in [1.29, 1.82) is 0 Å². The fourth-order valence-corrected chi connectivity index (χ4v) is 3.71. The van der Waals surface area contributed by atoms with Gasteiger partial charge >= 0.3 is 6.09 Å². The molecule has 2 aromatic carbocycles. The van der Waals surface area contributed by atoms with Gasteiger partial charge in [-0.3, -0.25) is 9.59 Å². The predicted molar refractivity (Wildman–Crippen MR) is 128 cm³/mol.